The number of carbonyl (C=O) groups excluding carboxylic acids is 2. The molecule has 1 aliphatic heterocycles. The van der Waals surface area contributed by atoms with E-state index < -0.39 is 0 Å². The highest BCUT2D eigenvalue weighted by atomic mass is 32.2. The van der Waals surface area contributed by atoms with Gasteiger partial charge in [0, 0.05) is 25.5 Å². The lowest BCUT2D eigenvalue weighted by molar-refractivity contribution is -0.115. The molecule has 1 atom stereocenters. The summed E-state index contributed by atoms with van der Waals surface area (Å²) >= 11 is 1.59. The molecule has 1 unspecified atom stereocenters. The summed E-state index contributed by atoms with van der Waals surface area (Å²) < 4.78 is 5.19. The number of hydrogen-bond acceptors (Lipinski definition) is 4. The Morgan fingerprint density at radius 1 is 1.15 bits per heavy atom. The molecule has 0 aliphatic carbocycles. The monoisotopic (exact) mass is 371 g/mol. The molecule has 1 saturated heterocycles. The average Bonchev–Trinajstić information content (AvgIpc) is 3.04. The molecule has 0 aromatic heterocycles. The van der Waals surface area contributed by atoms with Gasteiger partial charge in [-0.05, 0) is 42.0 Å². The first-order chi connectivity index (χ1) is 12.5. The van der Waals surface area contributed by atoms with E-state index in [0.717, 1.165) is 22.7 Å². The Morgan fingerprint density at radius 3 is 2.38 bits per heavy atom. The van der Waals surface area contributed by atoms with Gasteiger partial charge in [-0.2, -0.15) is 0 Å². The minimum atomic E-state index is -0.178. The highest BCUT2D eigenvalue weighted by Crippen LogP contribution is 2.42. The lowest BCUT2D eigenvalue weighted by atomic mass is 10.1. The molecule has 2 aromatic rings. The van der Waals surface area contributed by atoms with Crippen LogP contribution in [0.2, 0.25) is 0 Å². The van der Waals surface area contributed by atoms with Gasteiger partial charge in [0.25, 0.3) is 0 Å². The summed E-state index contributed by atoms with van der Waals surface area (Å²) in [5, 5.41) is 2.72. The summed E-state index contributed by atoms with van der Waals surface area (Å²) in [6, 6.07) is 14.9. The van der Waals surface area contributed by atoms with Gasteiger partial charge in [0.15, 0.2) is 0 Å². The predicted octanol–water partition coefficient (Wildman–Crippen LogP) is 3.57. The van der Waals surface area contributed by atoms with Crippen molar-refractivity contribution in [3.8, 4) is 5.75 Å². The fourth-order valence-corrected chi connectivity index (χ4v) is 3.84. The topological polar surface area (TPSA) is 61.9 Å². The van der Waals surface area contributed by atoms with Crippen molar-refractivity contribution in [2.75, 3.05) is 37.2 Å². The van der Waals surface area contributed by atoms with E-state index in [9.17, 15) is 9.59 Å². The number of rotatable bonds is 4. The molecule has 1 heterocycles. The summed E-state index contributed by atoms with van der Waals surface area (Å²) in [6.45, 7) is 0. The zero-order valence-electron chi connectivity index (χ0n) is 14.9. The summed E-state index contributed by atoms with van der Waals surface area (Å²) in [5.74, 6) is 1.27. The minimum absolute atomic E-state index is 0.0788. The van der Waals surface area contributed by atoms with Crippen LogP contribution in [-0.4, -0.2) is 43.8 Å². The van der Waals surface area contributed by atoms with Gasteiger partial charge >= 0.3 is 6.03 Å². The highest BCUT2D eigenvalue weighted by molar-refractivity contribution is 8.00. The van der Waals surface area contributed by atoms with Crippen molar-refractivity contribution in [1.29, 1.82) is 0 Å². The van der Waals surface area contributed by atoms with Crippen molar-refractivity contribution in [2.45, 2.75) is 5.37 Å². The van der Waals surface area contributed by atoms with Gasteiger partial charge in [-0.25, -0.2) is 4.79 Å². The molecule has 3 amide bonds. The van der Waals surface area contributed by atoms with E-state index >= 15 is 0 Å². The van der Waals surface area contributed by atoms with E-state index in [1.54, 1.807) is 37.9 Å². The number of ether oxygens (including phenoxy) is 1. The largest absolute Gasteiger partial charge is 0.497 e. The van der Waals surface area contributed by atoms with Crippen LogP contribution in [0.4, 0.5) is 16.2 Å². The molecule has 2 aromatic carbocycles. The molecular weight excluding hydrogens is 350 g/mol. The molecule has 0 radical (unpaired) electrons. The maximum Gasteiger partial charge on any atom is 0.321 e. The first-order valence-electron chi connectivity index (χ1n) is 8.15. The quantitative estimate of drug-likeness (QED) is 0.893. The van der Waals surface area contributed by atoms with Gasteiger partial charge in [-0.15, -0.1) is 11.8 Å². The Kier molecular flexibility index (Phi) is 5.37. The molecule has 1 fully saturated rings. The molecule has 26 heavy (non-hydrogen) atoms. The van der Waals surface area contributed by atoms with Crippen LogP contribution in [0.3, 0.4) is 0 Å². The highest BCUT2D eigenvalue weighted by Gasteiger charge is 2.34. The Morgan fingerprint density at radius 2 is 1.81 bits per heavy atom. The Bertz CT molecular complexity index is 791. The van der Waals surface area contributed by atoms with Gasteiger partial charge in [-0.1, -0.05) is 12.1 Å². The molecule has 136 valence electrons. The van der Waals surface area contributed by atoms with Crippen molar-refractivity contribution in [3.05, 3.63) is 54.1 Å². The zero-order chi connectivity index (χ0) is 18.7. The number of anilines is 2. The first-order valence-corrected chi connectivity index (χ1v) is 9.20. The molecule has 1 N–H and O–H groups in total. The molecule has 7 heteroatoms. The third-order valence-corrected chi connectivity index (χ3v) is 5.28. The summed E-state index contributed by atoms with van der Waals surface area (Å²) in [4.78, 5) is 27.4. The van der Waals surface area contributed by atoms with E-state index in [1.165, 1.54) is 4.90 Å². The van der Waals surface area contributed by atoms with E-state index in [0.29, 0.717) is 5.75 Å². The lowest BCUT2D eigenvalue weighted by Crippen LogP contribution is -2.28. The van der Waals surface area contributed by atoms with Gasteiger partial charge in [-0.3, -0.25) is 9.69 Å². The first kappa shape index (κ1) is 18.1. The normalized spacial score (nSPS) is 16.5. The van der Waals surface area contributed by atoms with Gasteiger partial charge in [0.1, 0.15) is 11.1 Å². The van der Waals surface area contributed by atoms with Crippen molar-refractivity contribution < 1.29 is 14.3 Å². The third kappa shape index (κ3) is 3.77. The van der Waals surface area contributed by atoms with E-state index in [4.69, 9.17) is 4.74 Å². The smallest absolute Gasteiger partial charge is 0.321 e. The van der Waals surface area contributed by atoms with Crippen LogP contribution in [-0.2, 0) is 4.79 Å². The number of thioether (sulfide) groups is 1. The third-order valence-electron chi connectivity index (χ3n) is 4.07. The number of amides is 3. The molecule has 0 bridgehead atoms. The van der Waals surface area contributed by atoms with Crippen molar-refractivity contribution in [3.63, 3.8) is 0 Å². The van der Waals surface area contributed by atoms with Crippen LogP contribution >= 0.6 is 11.8 Å². The molecule has 6 nitrogen and oxygen atoms in total. The van der Waals surface area contributed by atoms with Gasteiger partial charge < -0.3 is 15.0 Å². The average molecular weight is 371 g/mol. The van der Waals surface area contributed by atoms with Crippen molar-refractivity contribution >= 4 is 35.1 Å². The van der Waals surface area contributed by atoms with Gasteiger partial charge in [0.2, 0.25) is 5.91 Å². The number of nitrogens with one attached hydrogen (secondary N) is 1. The number of urea groups is 1. The second-order valence-corrected chi connectivity index (χ2v) is 7.14. The molecule has 0 spiro atoms. The number of benzene rings is 2. The SMILES string of the molecule is COc1ccc(N2C(=O)CSC2c2ccc(NC(=O)N(C)C)cc2)cc1. The number of carbonyl (C=O) groups is 2. The van der Waals surface area contributed by atoms with Crippen LogP contribution in [0.5, 0.6) is 5.75 Å². The second kappa shape index (κ2) is 7.70. The number of methoxy groups -OCH3 is 1. The minimum Gasteiger partial charge on any atom is -0.497 e. The fourth-order valence-electron chi connectivity index (χ4n) is 2.66. The summed E-state index contributed by atoms with van der Waals surface area (Å²) in [7, 11) is 5.00. The van der Waals surface area contributed by atoms with E-state index in [2.05, 4.69) is 5.32 Å². The number of hydrogen-bond donors (Lipinski definition) is 1. The van der Waals surface area contributed by atoms with Gasteiger partial charge in [0.05, 0.1) is 12.9 Å². The van der Waals surface area contributed by atoms with E-state index in [-0.39, 0.29) is 17.3 Å². The fraction of sp³-hybridized carbons (Fsp3) is 0.263. The zero-order valence-corrected chi connectivity index (χ0v) is 15.7. The van der Waals surface area contributed by atoms with Crippen molar-refractivity contribution in [1.82, 2.24) is 4.90 Å². The van der Waals surface area contributed by atoms with Crippen LogP contribution in [0.15, 0.2) is 48.5 Å². The molecular formula is C19H21N3O3S. The van der Waals surface area contributed by atoms with Crippen LogP contribution in [0.25, 0.3) is 0 Å². The lowest BCUT2D eigenvalue weighted by Gasteiger charge is -2.24. The standard InChI is InChI=1S/C19H21N3O3S/c1-21(2)19(24)20-14-6-4-13(5-7-14)18-22(17(23)12-26-18)15-8-10-16(25-3)11-9-15/h4-11,18H,12H2,1-3H3,(H,20,24). The van der Waals surface area contributed by atoms with E-state index in [1.807, 2.05) is 48.5 Å². The van der Waals surface area contributed by atoms with Crippen LogP contribution < -0.4 is 15.0 Å². The Labute approximate surface area is 157 Å². The predicted molar refractivity (Wildman–Crippen MR) is 105 cm³/mol. The van der Waals surface area contributed by atoms with Crippen molar-refractivity contribution in [2.24, 2.45) is 0 Å². The Balaban J connectivity index is 1.80. The number of nitrogens with zero attached hydrogens (tertiary/aromatic N) is 2. The second-order valence-electron chi connectivity index (χ2n) is 6.07. The Hall–Kier alpha value is -2.67. The van der Waals surface area contributed by atoms with Crippen LogP contribution in [0, 0.1) is 0 Å². The maximum atomic E-state index is 12.4. The molecule has 0 saturated carbocycles. The molecule has 3 rings (SSSR count). The summed E-state index contributed by atoms with van der Waals surface area (Å²) in [6.07, 6.45) is 0. The maximum absolute atomic E-state index is 12.4. The molecule has 1 aliphatic rings. The summed E-state index contributed by atoms with van der Waals surface area (Å²) in [5.41, 5.74) is 2.58. The van der Waals surface area contributed by atoms with Crippen LogP contribution in [0.1, 0.15) is 10.9 Å².